The Bertz CT molecular complexity index is 820. The van der Waals surface area contributed by atoms with Crippen LogP contribution in [0.2, 0.25) is 0 Å². The van der Waals surface area contributed by atoms with E-state index in [2.05, 4.69) is 0 Å². The number of rotatable bonds is 5. The van der Waals surface area contributed by atoms with Crippen molar-refractivity contribution in [3.8, 4) is 0 Å². The fourth-order valence-electron chi connectivity index (χ4n) is 2.78. The third-order valence-corrected chi connectivity index (χ3v) is 3.85. The van der Waals surface area contributed by atoms with Crippen molar-refractivity contribution in [2.45, 2.75) is 6.54 Å². The molecule has 0 spiro atoms. The van der Waals surface area contributed by atoms with Crippen molar-refractivity contribution in [2.75, 3.05) is 13.7 Å². The Morgan fingerprint density at radius 2 is 1.75 bits per heavy atom. The molecule has 0 radical (unpaired) electrons. The molecule has 24 heavy (non-hydrogen) atoms. The van der Waals surface area contributed by atoms with Gasteiger partial charge in [-0.1, -0.05) is 36.4 Å². The summed E-state index contributed by atoms with van der Waals surface area (Å²) in [6.07, 6.45) is 0. The number of nitro benzene ring substituents is 1. The zero-order valence-corrected chi connectivity index (χ0v) is 13.0. The highest BCUT2D eigenvalue weighted by atomic mass is 16.6. The first-order chi connectivity index (χ1) is 11.5. The fraction of sp³-hybridized carbons (Fsp3) is 0.176. The second-order valence-electron chi connectivity index (χ2n) is 5.64. The lowest BCUT2D eigenvalue weighted by molar-refractivity contribution is -0.385. The topological polar surface area (TPSA) is 83.8 Å². The molecule has 122 valence electrons. The van der Waals surface area contributed by atoms with Crippen LogP contribution in [0.25, 0.3) is 0 Å². The number of benzene rings is 2. The van der Waals surface area contributed by atoms with Gasteiger partial charge in [-0.05, 0) is 18.7 Å². The summed E-state index contributed by atoms with van der Waals surface area (Å²) >= 11 is 0. The maximum atomic E-state index is 12.5. The molecule has 1 aliphatic rings. The van der Waals surface area contributed by atoms with Crippen molar-refractivity contribution < 1.29 is 14.5 Å². The first-order valence-corrected chi connectivity index (χ1v) is 7.35. The maximum Gasteiger partial charge on any atom is 0.282 e. The van der Waals surface area contributed by atoms with E-state index < -0.39 is 16.7 Å². The summed E-state index contributed by atoms with van der Waals surface area (Å²) < 4.78 is 0. The molecule has 2 amide bonds. The lowest BCUT2D eigenvalue weighted by atomic mass is 10.1. The summed E-state index contributed by atoms with van der Waals surface area (Å²) in [6, 6.07) is 13.7. The summed E-state index contributed by atoms with van der Waals surface area (Å²) in [6.45, 7) is 0.620. The zero-order chi connectivity index (χ0) is 17.3. The normalized spacial score (nSPS) is 13.5. The first kappa shape index (κ1) is 15.8. The standard InChI is InChI=1S/C17H15N3O4/c1-18(10-12-6-3-2-4-7-12)11-19-16(21)13-8-5-9-14(20(23)24)15(13)17(19)22/h2-9H,10-11H2,1H3. The van der Waals surface area contributed by atoms with Crippen LogP contribution >= 0.6 is 0 Å². The van der Waals surface area contributed by atoms with E-state index >= 15 is 0 Å². The molecule has 0 N–H and O–H groups in total. The molecular formula is C17H15N3O4. The second-order valence-corrected chi connectivity index (χ2v) is 5.64. The number of imide groups is 1. The molecule has 1 aliphatic heterocycles. The molecular weight excluding hydrogens is 310 g/mol. The minimum atomic E-state index is -0.638. The number of fused-ring (bicyclic) bond motifs is 1. The average Bonchev–Trinajstić information content (AvgIpc) is 2.81. The number of nitrogens with zero attached hydrogens (tertiary/aromatic N) is 3. The van der Waals surface area contributed by atoms with E-state index in [1.807, 2.05) is 35.2 Å². The molecule has 2 aromatic rings. The van der Waals surface area contributed by atoms with Crippen molar-refractivity contribution in [3.05, 3.63) is 75.3 Å². The molecule has 0 saturated heterocycles. The Morgan fingerprint density at radius 3 is 2.42 bits per heavy atom. The summed E-state index contributed by atoms with van der Waals surface area (Å²) in [7, 11) is 1.78. The molecule has 7 heteroatoms. The molecule has 7 nitrogen and oxygen atoms in total. The van der Waals surface area contributed by atoms with E-state index in [0.29, 0.717) is 6.54 Å². The number of nitro groups is 1. The smallest absolute Gasteiger partial charge is 0.282 e. The van der Waals surface area contributed by atoms with Crippen molar-refractivity contribution in [3.63, 3.8) is 0 Å². The van der Waals surface area contributed by atoms with E-state index in [-0.39, 0.29) is 23.5 Å². The predicted molar refractivity (Wildman–Crippen MR) is 86.4 cm³/mol. The Kier molecular flexibility index (Phi) is 4.09. The van der Waals surface area contributed by atoms with E-state index in [4.69, 9.17) is 0 Å². The van der Waals surface area contributed by atoms with Gasteiger partial charge in [0.1, 0.15) is 5.56 Å². The largest absolute Gasteiger partial charge is 0.284 e. The van der Waals surface area contributed by atoms with Gasteiger partial charge in [0.25, 0.3) is 17.5 Å². The lowest BCUT2D eigenvalue weighted by Gasteiger charge is -2.22. The molecule has 0 fully saturated rings. The van der Waals surface area contributed by atoms with E-state index in [1.165, 1.54) is 18.2 Å². The molecule has 0 bridgehead atoms. The number of carbonyl (C=O) groups is 2. The first-order valence-electron chi connectivity index (χ1n) is 7.35. The molecule has 0 aromatic heterocycles. The van der Waals surface area contributed by atoms with E-state index in [1.54, 1.807) is 7.05 Å². The molecule has 0 aliphatic carbocycles. The highest BCUT2D eigenvalue weighted by Gasteiger charge is 2.41. The van der Waals surface area contributed by atoms with Crippen molar-refractivity contribution in [1.29, 1.82) is 0 Å². The molecule has 2 aromatic carbocycles. The fourth-order valence-corrected chi connectivity index (χ4v) is 2.78. The number of carbonyl (C=O) groups excluding carboxylic acids is 2. The van der Waals surface area contributed by atoms with Crippen molar-refractivity contribution in [1.82, 2.24) is 9.80 Å². The summed E-state index contributed by atoms with van der Waals surface area (Å²) in [5.74, 6) is -1.12. The summed E-state index contributed by atoms with van der Waals surface area (Å²) in [5.41, 5.74) is 0.671. The quantitative estimate of drug-likeness (QED) is 0.478. The van der Waals surface area contributed by atoms with Crippen molar-refractivity contribution >= 4 is 17.5 Å². The number of hydrogen-bond acceptors (Lipinski definition) is 5. The van der Waals surface area contributed by atoms with Crippen LogP contribution in [0.4, 0.5) is 5.69 Å². The summed E-state index contributed by atoms with van der Waals surface area (Å²) in [5, 5.41) is 11.1. The molecule has 0 saturated carbocycles. The van der Waals surface area contributed by atoms with Gasteiger partial charge in [0.05, 0.1) is 17.2 Å². The van der Waals surface area contributed by atoms with E-state index in [0.717, 1.165) is 10.5 Å². The van der Waals surface area contributed by atoms with Crippen LogP contribution in [0, 0.1) is 10.1 Å². The Morgan fingerprint density at radius 1 is 1.04 bits per heavy atom. The van der Waals surface area contributed by atoms with Gasteiger partial charge < -0.3 is 0 Å². The van der Waals surface area contributed by atoms with Crippen molar-refractivity contribution in [2.24, 2.45) is 0 Å². The average molecular weight is 325 g/mol. The molecule has 3 rings (SSSR count). The van der Waals surface area contributed by atoms with Crippen LogP contribution in [-0.4, -0.2) is 40.3 Å². The van der Waals surface area contributed by atoms with E-state index in [9.17, 15) is 19.7 Å². The zero-order valence-electron chi connectivity index (χ0n) is 13.0. The van der Waals surface area contributed by atoms with Crippen LogP contribution < -0.4 is 0 Å². The number of hydrogen-bond donors (Lipinski definition) is 0. The highest BCUT2D eigenvalue weighted by molar-refractivity contribution is 6.23. The SMILES string of the molecule is CN(Cc1ccccc1)CN1C(=O)c2cccc([N+](=O)[O-])c2C1=O. The third-order valence-electron chi connectivity index (χ3n) is 3.85. The molecule has 1 heterocycles. The van der Waals surface area contributed by atoms with Gasteiger partial charge in [0, 0.05) is 12.6 Å². The monoisotopic (exact) mass is 325 g/mol. The Hall–Kier alpha value is -3.06. The van der Waals surface area contributed by atoms with Gasteiger partial charge in [-0.15, -0.1) is 0 Å². The van der Waals surface area contributed by atoms with Crippen LogP contribution in [0.15, 0.2) is 48.5 Å². The van der Waals surface area contributed by atoms with Gasteiger partial charge in [0.2, 0.25) is 0 Å². The van der Waals surface area contributed by atoms with Gasteiger partial charge in [-0.25, -0.2) is 0 Å². The molecule has 0 atom stereocenters. The van der Waals surface area contributed by atoms with Gasteiger partial charge >= 0.3 is 0 Å². The maximum absolute atomic E-state index is 12.5. The van der Waals surface area contributed by atoms with Gasteiger partial charge in [-0.2, -0.15) is 0 Å². The predicted octanol–water partition coefficient (Wildman–Crippen LogP) is 2.28. The second kappa shape index (κ2) is 6.21. The van der Waals surface area contributed by atoms with Crippen LogP contribution in [0.1, 0.15) is 26.3 Å². The third kappa shape index (κ3) is 2.77. The van der Waals surface area contributed by atoms with Gasteiger partial charge in [-0.3, -0.25) is 29.5 Å². The number of amides is 2. The van der Waals surface area contributed by atoms with Crippen LogP contribution in [-0.2, 0) is 6.54 Å². The molecule has 0 unspecified atom stereocenters. The lowest BCUT2D eigenvalue weighted by Crippen LogP contribution is -2.39. The Balaban J connectivity index is 1.81. The summed E-state index contributed by atoms with van der Waals surface area (Å²) in [4.78, 5) is 38.2. The highest BCUT2D eigenvalue weighted by Crippen LogP contribution is 2.30. The van der Waals surface area contributed by atoms with Gasteiger partial charge in [0.15, 0.2) is 0 Å². The minimum Gasteiger partial charge on any atom is -0.284 e. The minimum absolute atomic E-state index is 0.0679. The van der Waals surface area contributed by atoms with Crippen LogP contribution in [0.5, 0.6) is 0 Å². The van der Waals surface area contributed by atoms with Crippen LogP contribution in [0.3, 0.4) is 0 Å². The Labute approximate surface area is 138 Å².